The summed E-state index contributed by atoms with van der Waals surface area (Å²) in [6, 6.07) is 3.83. The summed E-state index contributed by atoms with van der Waals surface area (Å²) in [5.41, 5.74) is 0.298. The van der Waals surface area contributed by atoms with Crippen molar-refractivity contribution < 1.29 is 45.1 Å². The second kappa shape index (κ2) is 13.6. The molecule has 3 aromatic rings. The zero-order valence-corrected chi connectivity index (χ0v) is 24.8. The molecule has 3 rings (SSSR count). The van der Waals surface area contributed by atoms with Crippen molar-refractivity contribution in [2.24, 2.45) is 5.92 Å². The van der Waals surface area contributed by atoms with Crippen LogP contribution in [0.15, 0.2) is 40.9 Å². The Kier molecular flexibility index (Phi) is 10.7. The number of ether oxygens (including phenoxy) is 1. The predicted molar refractivity (Wildman–Crippen MR) is 145 cm³/mol. The molecule has 0 bridgehead atoms. The lowest BCUT2D eigenvalue weighted by Gasteiger charge is -2.21. The summed E-state index contributed by atoms with van der Waals surface area (Å²) in [5.74, 6) is -2.80. The number of sulfonamides is 1. The van der Waals surface area contributed by atoms with Gasteiger partial charge in [-0.05, 0) is 34.5 Å². The molecular weight excluding hydrogens is 604 g/mol. The molecule has 0 atom stereocenters. The second-order valence-electron chi connectivity index (χ2n) is 9.48. The number of methoxy groups -OCH3 is 1. The van der Waals surface area contributed by atoms with Gasteiger partial charge in [0.25, 0.3) is 0 Å². The lowest BCUT2D eigenvalue weighted by molar-refractivity contribution is -0.216. The molecule has 0 fully saturated rings. The highest BCUT2D eigenvalue weighted by Gasteiger charge is 2.47. The molecule has 42 heavy (non-hydrogen) atoms. The zero-order chi connectivity index (χ0) is 31.2. The van der Waals surface area contributed by atoms with Crippen LogP contribution in [-0.2, 0) is 43.8 Å². The van der Waals surface area contributed by atoms with Crippen molar-refractivity contribution in [1.82, 2.24) is 19.3 Å². The van der Waals surface area contributed by atoms with Crippen LogP contribution in [0.3, 0.4) is 0 Å². The van der Waals surface area contributed by atoms with Gasteiger partial charge in [-0.25, -0.2) is 19.0 Å². The number of carbonyl (C=O) groups excluding carboxylic acids is 2. The molecule has 2 aromatic heterocycles. The molecule has 0 aliphatic carbocycles. The third kappa shape index (κ3) is 7.86. The minimum Gasteiger partial charge on any atom is -0.383 e. The summed E-state index contributed by atoms with van der Waals surface area (Å²) in [7, 11) is -3.96. The SMILES string of the molecule is CCc1nccn1Cc1ccc(-c2cc(CC(C)C)sc2S(=O)(=O)N(OC(=O)C(F)(F)F)C(=O)NCCOC)cc1F. The van der Waals surface area contributed by atoms with E-state index < -0.39 is 42.7 Å². The molecule has 10 nitrogen and oxygen atoms in total. The van der Waals surface area contributed by atoms with Crippen molar-refractivity contribution in [3.8, 4) is 11.1 Å². The van der Waals surface area contributed by atoms with E-state index in [1.54, 1.807) is 17.0 Å². The number of amides is 2. The first-order chi connectivity index (χ1) is 19.7. The van der Waals surface area contributed by atoms with Gasteiger partial charge in [0.15, 0.2) is 4.21 Å². The Bertz CT molecular complexity index is 1520. The third-order valence-corrected chi connectivity index (χ3v) is 8.98. The van der Waals surface area contributed by atoms with E-state index in [1.807, 2.05) is 26.1 Å². The number of nitrogens with zero attached hydrogens (tertiary/aromatic N) is 3. The minimum atomic E-state index is -5.60. The van der Waals surface area contributed by atoms with Crippen molar-refractivity contribution in [3.63, 3.8) is 0 Å². The first-order valence-electron chi connectivity index (χ1n) is 12.7. The molecule has 0 spiro atoms. The Labute approximate surface area is 244 Å². The number of carbonyl (C=O) groups is 2. The van der Waals surface area contributed by atoms with Gasteiger partial charge in [-0.1, -0.05) is 32.9 Å². The van der Waals surface area contributed by atoms with E-state index in [4.69, 9.17) is 4.74 Å². The summed E-state index contributed by atoms with van der Waals surface area (Å²) in [4.78, 5) is 33.1. The fourth-order valence-electron chi connectivity index (χ4n) is 3.87. The van der Waals surface area contributed by atoms with Gasteiger partial charge in [-0.15, -0.1) is 11.3 Å². The lowest BCUT2D eigenvalue weighted by atomic mass is 10.0. The Morgan fingerprint density at radius 1 is 1.21 bits per heavy atom. The van der Waals surface area contributed by atoms with E-state index in [9.17, 15) is 31.2 Å². The van der Waals surface area contributed by atoms with Gasteiger partial charge in [-0.3, -0.25) is 0 Å². The van der Waals surface area contributed by atoms with Crippen LogP contribution in [-0.4, -0.2) is 60.9 Å². The topological polar surface area (TPSA) is 120 Å². The van der Waals surface area contributed by atoms with Gasteiger partial charge in [0.05, 0.1) is 13.2 Å². The maximum Gasteiger partial charge on any atom is 0.493 e. The van der Waals surface area contributed by atoms with Crippen LogP contribution >= 0.6 is 11.3 Å². The minimum absolute atomic E-state index is 0.0469. The summed E-state index contributed by atoms with van der Waals surface area (Å²) in [5, 5.41) is 2.04. The van der Waals surface area contributed by atoms with Gasteiger partial charge >= 0.3 is 28.2 Å². The highest BCUT2D eigenvalue weighted by molar-refractivity contribution is 7.91. The number of benzene rings is 1. The van der Waals surface area contributed by atoms with Crippen molar-refractivity contribution in [2.45, 2.75) is 50.5 Å². The van der Waals surface area contributed by atoms with Gasteiger partial charge in [0, 0.05) is 48.5 Å². The molecule has 2 heterocycles. The molecule has 1 aromatic carbocycles. The summed E-state index contributed by atoms with van der Waals surface area (Å²) >= 11 is 0.675. The largest absolute Gasteiger partial charge is 0.493 e. The number of alkyl halides is 3. The average Bonchev–Trinajstić information content (AvgIpc) is 3.54. The summed E-state index contributed by atoms with van der Waals surface area (Å²) in [6.45, 7) is 5.38. The van der Waals surface area contributed by atoms with Gasteiger partial charge in [-0.2, -0.15) is 21.6 Å². The zero-order valence-electron chi connectivity index (χ0n) is 23.2. The van der Waals surface area contributed by atoms with Crippen LogP contribution in [0.25, 0.3) is 11.1 Å². The lowest BCUT2D eigenvalue weighted by Crippen LogP contribution is -2.47. The quantitative estimate of drug-likeness (QED) is 0.181. The Hall–Kier alpha value is -3.50. The first kappa shape index (κ1) is 33.0. The number of halogens is 4. The highest BCUT2D eigenvalue weighted by atomic mass is 32.2. The van der Waals surface area contributed by atoms with Crippen LogP contribution < -0.4 is 5.32 Å². The molecule has 0 aliphatic heterocycles. The van der Waals surface area contributed by atoms with E-state index in [0.717, 1.165) is 11.9 Å². The molecule has 0 unspecified atom stereocenters. The maximum atomic E-state index is 15.3. The van der Waals surface area contributed by atoms with E-state index in [1.165, 1.54) is 25.3 Å². The Morgan fingerprint density at radius 2 is 1.93 bits per heavy atom. The normalized spacial score (nSPS) is 12.0. The second-order valence-corrected chi connectivity index (χ2v) is 12.6. The van der Waals surface area contributed by atoms with Crippen LogP contribution in [0.2, 0.25) is 0 Å². The number of rotatable bonds is 11. The molecule has 230 valence electrons. The van der Waals surface area contributed by atoms with Gasteiger partial charge in [0.1, 0.15) is 11.6 Å². The number of hydrogen-bond acceptors (Lipinski definition) is 8. The standard InChI is InChI=1S/C26H30F4N4O6S2/c1-5-22-31-8-10-33(22)15-18-7-6-17(13-21(18)27)20-14-19(12-16(2)3)41-23(20)42(37,38)34(25(36)32-9-11-39-4)40-24(35)26(28,29)30/h6-8,10,13-14,16H,5,9,11-12,15H2,1-4H3,(H,32,36). The molecule has 0 aliphatic rings. The number of urea groups is 1. The van der Waals surface area contributed by atoms with Crippen molar-refractivity contribution in [1.29, 1.82) is 0 Å². The van der Waals surface area contributed by atoms with E-state index in [-0.39, 0.29) is 42.3 Å². The fourth-order valence-corrected chi connectivity index (χ4v) is 6.99. The summed E-state index contributed by atoms with van der Waals surface area (Å²) < 4.78 is 87.1. The fraction of sp³-hybridized carbons (Fsp3) is 0.423. The first-order valence-corrected chi connectivity index (χ1v) is 15.0. The van der Waals surface area contributed by atoms with Crippen LogP contribution in [0.5, 0.6) is 0 Å². The van der Waals surface area contributed by atoms with E-state index >= 15 is 4.39 Å². The van der Waals surface area contributed by atoms with E-state index in [0.29, 0.717) is 29.1 Å². The monoisotopic (exact) mass is 634 g/mol. The third-order valence-electron chi connectivity index (χ3n) is 5.78. The molecule has 16 heteroatoms. The van der Waals surface area contributed by atoms with Crippen LogP contribution in [0.4, 0.5) is 22.4 Å². The molecule has 2 amide bonds. The van der Waals surface area contributed by atoms with Crippen LogP contribution in [0, 0.1) is 11.7 Å². The number of thiophene rings is 1. The number of imidazole rings is 1. The number of hydrogen-bond donors (Lipinski definition) is 1. The summed E-state index contributed by atoms with van der Waals surface area (Å²) in [6.07, 6.45) is -1.32. The van der Waals surface area contributed by atoms with Crippen LogP contribution in [0.1, 0.15) is 37.0 Å². The van der Waals surface area contributed by atoms with Gasteiger partial charge in [0.2, 0.25) is 0 Å². The van der Waals surface area contributed by atoms with Crippen molar-refractivity contribution in [3.05, 3.63) is 58.7 Å². The number of aryl methyl sites for hydroxylation is 1. The average molecular weight is 635 g/mol. The molecule has 0 radical (unpaired) electrons. The number of aromatic nitrogens is 2. The Morgan fingerprint density at radius 3 is 2.52 bits per heavy atom. The maximum absolute atomic E-state index is 15.3. The van der Waals surface area contributed by atoms with Crippen molar-refractivity contribution >= 4 is 33.4 Å². The predicted octanol–water partition coefficient (Wildman–Crippen LogP) is 4.93. The molecule has 1 N–H and O–H groups in total. The smallest absolute Gasteiger partial charge is 0.383 e. The molecular formula is C26H30F4N4O6S2. The van der Waals surface area contributed by atoms with E-state index in [2.05, 4.69) is 9.82 Å². The van der Waals surface area contributed by atoms with Crippen molar-refractivity contribution in [2.75, 3.05) is 20.3 Å². The highest BCUT2D eigenvalue weighted by Crippen LogP contribution is 2.39. The van der Waals surface area contributed by atoms with Gasteiger partial charge < -0.3 is 19.5 Å². The number of nitrogens with one attached hydrogen (secondary N) is 1. The number of hydroxylamine groups is 1. The molecule has 0 saturated carbocycles. The Balaban J connectivity index is 2.09. The molecule has 0 saturated heterocycles.